The predicted octanol–water partition coefficient (Wildman–Crippen LogP) is 4.66. The van der Waals surface area contributed by atoms with Gasteiger partial charge in [0.2, 0.25) is 0 Å². The number of cyclic esters (lactones) is 1. The van der Waals surface area contributed by atoms with Gasteiger partial charge in [-0.1, -0.05) is 13.8 Å². The number of carbonyl (C=O) groups is 1. The molecule has 0 aromatic carbocycles. The van der Waals surface area contributed by atoms with Crippen molar-refractivity contribution < 1.29 is 62.7 Å². The Bertz CT molecular complexity index is 1470. The molecule has 1 unspecified atom stereocenters. The van der Waals surface area contributed by atoms with Crippen molar-refractivity contribution in [1.29, 1.82) is 0 Å². The van der Waals surface area contributed by atoms with Crippen molar-refractivity contribution in [2.24, 2.45) is 34.5 Å². The SMILES string of the molecule is CC1O[C@H]2[C@H](C[C@H](O[C@H]3[C@@H](O)C[C@H](O[C@H]4[C@@H](O)C[C@H](O[C@@H]5CC[C@@]6(C)[C@H](CC[C@@H]7[C@@H]6CC[C@]6(C)[C@@H](C8=CC(=O)OC8)CC[C@]76O)C5)O[C@@H]4C)O[C@@H]3C)O[C@@H]2C)O1. The molecule has 0 bridgehead atoms. The Kier molecular flexibility index (Phi) is 10.8. The molecular weight excluding hydrogens is 724 g/mol. The first kappa shape index (κ1) is 40.2. The molecule has 0 amide bonds. The van der Waals surface area contributed by atoms with E-state index in [1.54, 1.807) is 6.08 Å². The lowest BCUT2D eigenvalue weighted by Gasteiger charge is -2.64. The van der Waals surface area contributed by atoms with Gasteiger partial charge in [-0.05, 0) is 120 Å². The number of aliphatic hydroxyl groups excluding tert-OH is 2. The van der Waals surface area contributed by atoms with E-state index < -0.39 is 61.1 Å². The van der Waals surface area contributed by atoms with E-state index in [0.717, 1.165) is 63.4 Å². The summed E-state index contributed by atoms with van der Waals surface area (Å²) in [6, 6.07) is 0. The highest BCUT2D eigenvalue weighted by Crippen LogP contribution is 2.70. The molecule has 4 saturated heterocycles. The van der Waals surface area contributed by atoms with Crippen molar-refractivity contribution in [2.75, 3.05) is 6.61 Å². The monoisotopic (exact) mass is 790 g/mol. The Balaban J connectivity index is 0.758. The molecule has 13 nitrogen and oxygen atoms in total. The number of rotatable bonds is 7. The average Bonchev–Trinajstić information content (AvgIpc) is 3.82. The Hall–Kier alpha value is -1.23. The molecule has 4 saturated carbocycles. The van der Waals surface area contributed by atoms with Gasteiger partial charge in [-0.3, -0.25) is 0 Å². The number of esters is 1. The maximum atomic E-state index is 12.6. The lowest BCUT2D eigenvalue weighted by atomic mass is 9.43. The van der Waals surface area contributed by atoms with Crippen molar-refractivity contribution in [2.45, 2.75) is 210 Å². The van der Waals surface area contributed by atoms with Crippen LogP contribution in [0.3, 0.4) is 0 Å². The van der Waals surface area contributed by atoms with Gasteiger partial charge in [-0.2, -0.15) is 0 Å². The molecule has 3 N–H and O–H groups in total. The van der Waals surface area contributed by atoms with Gasteiger partial charge in [0.1, 0.15) is 24.9 Å². The first-order chi connectivity index (χ1) is 26.6. The Morgan fingerprint density at radius 3 is 2.02 bits per heavy atom. The molecule has 0 aromatic heterocycles. The van der Waals surface area contributed by atoms with Gasteiger partial charge in [0.15, 0.2) is 25.2 Å². The van der Waals surface area contributed by atoms with E-state index >= 15 is 0 Å². The van der Waals surface area contributed by atoms with Gasteiger partial charge in [-0.25, -0.2) is 4.79 Å². The first-order valence-corrected chi connectivity index (χ1v) is 21.8. The molecule has 13 heteroatoms. The molecule has 9 rings (SSSR count). The fraction of sp³-hybridized carbons (Fsp3) is 0.930. The molecule has 5 aliphatic heterocycles. The minimum absolute atomic E-state index is 0.0407. The largest absolute Gasteiger partial charge is 0.458 e. The average molecular weight is 791 g/mol. The predicted molar refractivity (Wildman–Crippen MR) is 198 cm³/mol. The van der Waals surface area contributed by atoms with Crippen LogP contribution >= 0.6 is 0 Å². The van der Waals surface area contributed by atoms with Gasteiger partial charge >= 0.3 is 5.97 Å². The molecule has 5 heterocycles. The highest BCUT2D eigenvalue weighted by Gasteiger charge is 2.68. The number of hydrogen-bond donors (Lipinski definition) is 3. The van der Waals surface area contributed by atoms with Gasteiger partial charge < -0.3 is 58.0 Å². The molecule has 56 heavy (non-hydrogen) atoms. The second kappa shape index (κ2) is 15.0. The van der Waals surface area contributed by atoms with Crippen LogP contribution in [0, 0.1) is 34.5 Å². The summed E-state index contributed by atoms with van der Waals surface area (Å²) >= 11 is 0. The smallest absolute Gasteiger partial charge is 0.331 e. The number of hydrogen-bond acceptors (Lipinski definition) is 13. The highest BCUT2D eigenvalue weighted by molar-refractivity contribution is 5.85. The number of fused-ring (bicyclic) bond motifs is 6. The van der Waals surface area contributed by atoms with Gasteiger partial charge in [-0.15, -0.1) is 0 Å². The van der Waals surface area contributed by atoms with Gasteiger partial charge in [0.05, 0.1) is 48.3 Å². The van der Waals surface area contributed by atoms with Crippen molar-refractivity contribution in [3.05, 3.63) is 11.6 Å². The summed E-state index contributed by atoms with van der Waals surface area (Å²) in [6.45, 7) is 12.7. The standard InChI is InChI=1S/C43H66O13/c1-21-38(55-36-18-32(45)39(22(2)50-36)56-37-19-33-40(23(3)51-37)53-24(4)52-33)31(44)17-35(49-21)54-27-9-12-41(5)26(16-27)7-8-30-29(41)10-13-42(6)28(11-14-43(30,42)47)25-15-34(46)48-20-25/h15,21-24,26-33,35-40,44-45,47H,7-14,16-20H2,1-6H3/t21-,22-,23-,24?,26-,27-,28-,29+,30-,31+,32+,33+,35+,36+,37+,38-,39-,40-,41+,42-,43+/m1/s1. The maximum Gasteiger partial charge on any atom is 0.331 e. The lowest BCUT2D eigenvalue weighted by molar-refractivity contribution is -0.334. The number of ether oxygens (including phenoxy) is 9. The third-order valence-electron chi connectivity index (χ3n) is 16.5. The second-order valence-electron chi connectivity index (χ2n) is 19.5. The zero-order valence-electron chi connectivity index (χ0n) is 34.1. The third kappa shape index (κ3) is 6.84. The fourth-order valence-electron chi connectivity index (χ4n) is 13.6. The molecule has 316 valence electrons. The summed E-state index contributed by atoms with van der Waals surface area (Å²) in [5.41, 5.74) is 0.250. The summed E-state index contributed by atoms with van der Waals surface area (Å²) in [6.07, 6.45) is 5.07. The molecule has 8 fully saturated rings. The minimum Gasteiger partial charge on any atom is -0.458 e. The first-order valence-electron chi connectivity index (χ1n) is 21.8. The van der Waals surface area contributed by atoms with Crippen LogP contribution < -0.4 is 0 Å². The van der Waals surface area contributed by atoms with Crippen molar-refractivity contribution in [1.82, 2.24) is 0 Å². The Labute approximate surface area is 331 Å². The fourth-order valence-corrected chi connectivity index (χ4v) is 13.6. The molecule has 0 spiro atoms. The van der Waals surface area contributed by atoms with Crippen LogP contribution in [-0.4, -0.2) is 120 Å². The van der Waals surface area contributed by atoms with Crippen LogP contribution in [0.1, 0.15) is 119 Å². The van der Waals surface area contributed by atoms with Crippen LogP contribution in [0.25, 0.3) is 0 Å². The quantitative estimate of drug-likeness (QED) is 0.242. The van der Waals surface area contributed by atoms with Crippen molar-refractivity contribution in [3.63, 3.8) is 0 Å². The molecular formula is C43H66O13. The second-order valence-corrected chi connectivity index (χ2v) is 19.5. The van der Waals surface area contributed by atoms with Crippen LogP contribution in [0.15, 0.2) is 11.6 Å². The Morgan fingerprint density at radius 2 is 1.36 bits per heavy atom. The third-order valence-corrected chi connectivity index (χ3v) is 16.5. The summed E-state index contributed by atoms with van der Waals surface area (Å²) in [5.74, 6) is 1.18. The maximum absolute atomic E-state index is 12.6. The van der Waals surface area contributed by atoms with Crippen LogP contribution in [0.2, 0.25) is 0 Å². The highest BCUT2D eigenvalue weighted by atomic mass is 16.8. The zero-order chi connectivity index (χ0) is 39.3. The van der Waals surface area contributed by atoms with Gasteiger partial charge in [0.25, 0.3) is 0 Å². The lowest BCUT2D eigenvalue weighted by Crippen LogP contribution is -2.62. The van der Waals surface area contributed by atoms with E-state index in [0.29, 0.717) is 31.3 Å². The van der Waals surface area contributed by atoms with Crippen LogP contribution in [-0.2, 0) is 47.4 Å². The van der Waals surface area contributed by atoms with E-state index in [-0.39, 0.29) is 65.8 Å². The summed E-state index contributed by atoms with van der Waals surface area (Å²) in [5, 5.41) is 35.1. The zero-order valence-corrected chi connectivity index (χ0v) is 34.1. The minimum atomic E-state index is -0.854. The van der Waals surface area contributed by atoms with E-state index in [2.05, 4.69) is 13.8 Å². The molecule has 0 aromatic rings. The van der Waals surface area contributed by atoms with E-state index in [1.165, 1.54) is 0 Å². The van der Waals surface area contributed by atoms with Crippen LogP contribution in [0.4, 0.5) is 0 Å². The van der Waals surface area contributed by atoms with E-state index in [1.807, 2.05) is 27.7 Å². The van der Waals surface area contributed by atoms with E-state index in [4.69, 9.17) is 42.6 Å². The summed E-state index contributed by atoms with van der Waals surface area (Å²) < 4.78 is 54.8. The summed E-state index contributed by atoms with van der Waals surface area (Å²) in [7, 11) is 0. The number of aliphatic hydroxyl groups is 3. The number of carbonyl (C=O) groups excluding carboxylic acids is 1. The Morgan fingerprint density at radius 1 is 0.696 bits per heavy atom. The van der Waals surface area contributed by atoms with Gasteiger partial charge in [0, 0.05) is 30.8 Å². The summed E-state index contributed by atoms with van der Waals surface area (Å²) in [4.78, 5) is 11.9. The topological polar surface area (TPSA) is 161 Å². The van der Waals surface area contributed by atoms with Crippen molar-refractivity contribution >= 4 is 5.97 Å². The molecule has 21 atom stereocenters. The molecule has 9 aliphatic rings. The normalized spacial score (nSPS) is 55.7. The van der Waals surface area contributed by atoms with Crippen molar-refractivity contribution in [3.8, 4) is 0 Å². The molecule has 0 radical (unpaired) electrons. The molecule has 4 aliphatic carbocycles. The van der Waals surface area contributed by atoms with E-state index in [9.17, 15) is 20.1 Å². The van der Waals surface area contributed by atoms with Crippen LogP contribution in [0.5, 0.6) is 0 Å².